The van der Waals surface area contributed by atoms with Gasteiger partial charge in [0.2, 0.25) is 0 Å². The number of anilines is 2. The van der Waals surface area contributed by atoms with Crippen LogP contribution >= 0.6 is 11.6 Å². The highest BCUT2D eigenvalue weighted by molar-refractivity contribution is 6.33. The molecule has 1 N–H and O–H groups in total. The molecule has 5 nitrogen and oxygen atoms in total. The van der Waals surface area contributed by atoms with Gasteiger partial charge in [-0.05, 0) is 36.4 Å². The van der Waals surface area contributed by atoms with Crippen molar-refractivity contribution in [2.75, 3.05) is 12.4 Å². The van der Waals surface area contributed by atoms with E-state index in [1.54, 1.807) is 43.5 Å². The van der Waals surface area contributed by atoms with Crippen LogP contribution in [0.4, 0.5) is 11.7 Å². The van der Waals surface area contributed by atoms with Gasteiger partial charge >= 0.3 is 6.01 Å². The number of hydrogen-bond donors (Lipinski definition) is 1. The zero-order valence-electron chi connectivity index (χ0n) is 12.2. The van der Waals surface area contributed by atoms with E-state index in [0.717, 1.165) is 11.3 Å². The minimum absolute atomic E-state index is 0.0800. The molecule has 2 aromatic carbocycles. The van der Waals surface area contributed by atoms with E-state index in [9.17, 15) is 4.79 Å². The second-order valence-electron chi connectivity index (χ2n) is 4.70. The molecule has 1 aromatic heterocycles. The second kappa shape index (κ2) is 6.54. The molecule has 116 valence electrons. The molecule has 0 fully saturated rings. The maximum absolute atomic E-state index is 11.8. The fourth-order valence-electron chi connectivity index (χ4n) is 2.03. The SMILES string of the molecule is COc1ccc(-c2cc(=O)nc(Nc3ccccc3Cl)o2)cc1. The Hall–Kier alpha value is -2.79. The molecule has 3 aromatic rings. The first-order valence-corrected chi connectivity index (χ1v) is 7.21. The van der Waals surface area contributed by atoms with Gasteiger partial charge in [0, 0.05) is 11.6 Å². The average molecular weight is 329 g/mol. The van der Waals surface area contributed by atoms with E-state index >= 15 is 0 Å². The minimum Gasteiger partial charge on any atom is -0.497 e. The lowest BCUT2D eigenvalue weighted by atomic mass is 10.1. The Morgan fingerprint density at radius 2 is 1.87 bits per heavy atom. The molecular weight excluding hydrogens is 316 g/mol. The fourth-order valence-corrected chi connectivity index (χ4v) is 2.21. The van der Waals surface area contributed by atoms with E-state index < -0.39 is 5.56 Å². The summed E-state index contributed by atoms with van der Waals surface area (Å²) in [6.07, 6.45) is 0. The number of rotatable bonds is 4. The Morgan fingerprint density at radius 3 is 2.57 bits per heavy atom. The second-order valence-corrected chi connectivity index (χ2v) is 5.11. The number of aromatic nitrogens is 1. The predicted octanol–water partition coefficient (Wildman–Crippen LogP) is 4.11. The van der Waals surface area contributed by atoms with E-state index in [1.165, 1.54) is 6.07 Å². The number of hydrogen-bond acceptors (Lipinski definition) is 5. The number of methoxy groups -OCH3 is 1. The molecular formula is C17H13ClN2O3. The number of nitrogens with one attached hydrogen (secondary N) is 1. The maximum Gasteiger partial charge on any atom is 0.303 e. The summed E-state index contributed by atoms with van der Waals surface area (Å²) in [7, 11) is 1.59. The van der Waals surface area contributed by atoms with Crippen LogP contribution in [-0.4, -0.2) is 12.1 Å². The average Bonchev–Trinajstić information content (AvgIpc) is 2.56. The molecule has 0 saturated heterocycles. The zero-order chi connectivity index (χ0) is 16.2. The normalized spacial score (nSPS) is 10.3. The lowest BCUT2D eigenvalue weighted by molar-refractivity contribution is 0.415. The van der Waals surface area contributed by atoms with Gasteiger partial charge in [0.25, 0.3) is 5.56 Å². The Morgan fingerprint density at radius 1 is 1.13 bits per heavy atom. The predicted molar refractivity (Wildman–Crippen MR) is 89.5 cm³/mol. The molecule has 23 heavy (non-hydrogen) atoms. The standard InChI is InChI=1S/C17H13ClN2O3/c1-22-12-8-6-11(7-9-12)15-10-16(21)20-17(23-15)19-14-5-3-2-4-13(14)18/h2-10H,1H3,(H,19,20,21). The molecule has 0 unspecified atom stereocenters. The highest BCUT2D eigenvalue weighted by atomic mass is 35.5. The lowest BCUT2D eigenvalue weighted by Crippen LogP contribution is -2.07. The maximum atomic E-state index is 11.8. The van der Waals surface area contributed by atoms with Crippen molar-refractivity contribution in [2.24, 2.45) is 0 Å². The number of nitrogens with zero attached hydrogens (tertiary/aromatic N) is 1. The quantitative estimate of drug-likeness (QED) is 0.781. The van der Waals surface area contributed by atoms with Crippen LogP contribution in [0.15, 0.2) is 63.8 Å². The first kappa shape index (κ1) is 15.1. The van der Waals surface area contributed by atoms with Gasteiger partial charge in [-0.15, -0.1) is 0 Å². The van der Waals surface area contributed by atoms with E-state index in [2.05, 4.69) is 10.3 Å². The van der Waals surface area contributed by atoms with Crippen molar-refractivity contribution < 1.29 is 9.15 Å². The summed E-state index contributed by atoms with van der Waals surface area (Å²) >= 11 is 6.08. The first-order valence-electron chi connectivity index (χ1n) is 6.84. The summed E-state index contributed by atoms with van der Waals surface area (Å²) in [5, 5.41) is 3.42. The van der Waals surface area contributed by atoms with Gasteiger partial charge in [-0.25, -0.2) is 0 Å². The van der Waals surface area contributed by atoms with Crippen LogP contribution in [0.1, 0.15) is 0 Å². The van der Waals surface area contributed by atoms with E-state index in [-0.39, 0.29) is 6.01 Å². The number of benzene rings is 2. The Balaban J connectivity index is 1.95. The molecule has 3 rings (SSSR count). The van der Waals surface area contributed by atoms with Crippen molar-refractivity contribution in [3.63, 3.8) is 0 Å². The molecule has 0 aliphatic heterocycles. The monoisotopic (exact) mass is 328 g/mol. The van der Waals surface area contributed by atoms with Gasteiger partial charge < -0.3 is 14.5 Å². The van der Waals surface area contributed by atoms with Crippen molar-refractivity contribution in [1.82, 2.24) is 4.98 Å². The third-order valence-corrected chi connectivity index (χ3v) is 3.49. The largest absolute Gasteiger partial charge is 0.497 e. The summed E-state index contributed by atoms with van der Waals surface area (Å²) < 4.78 is 10.8. The van der Waals surface area contributed by atoms with Crippen molar-refractivity contribution >= 4 is 23.3 Å². The smallest absolute Gasteiger partial charge is 0.303 e. The molecule has 1 heterocycles. The molecule has 0 atom stereocenters. The minimum atomic E-state index is -0.406. The summed E-state index contributed by atoms with van der Waals surface area (Å²) in [6, 6.07) is 15.7. The van der Waals surface area contributed by atoms with Crippen LogP contribution < -0.4 is 15.6 Å². The van der Waals surface area contributed by atoms with Crippen LogP contribution in [0.5, 0.6) is 5.75 Å². The highest BCUT2D eigenvalue weighted by Gasteiger charge is 2.08. The van der Waals surface area contributed by atoms with Crippen molar-refractivity contribution in [3.8, 4) is 17.1 Å². The summed E-state index contributed by atoms with van der Waals surface area (Å²) in [5.41, 5.74) is 0.945. The van der Waals surface area contributed by atoms with Gasteiger partial charge in [0.1, 0.15) is 11.5 Å². The van der Waals surface area contributed by atoms with Crippen molar-refractivity contribution in [1.29, 1.82) is 0 Å². The molecule has 0 saturated carbocycles. The van der Waals surface area contributed by atoms with Crippen molar-refractivity contribution in [2.45, 2.75) is 0 Å². The number of ether oxygens (including phenoxy) is 1. The van der Waals surface area contributed by atoms with E-state index in [4.69, 9.17) is 20.8 Å². The van der Waals surface area contributed by atoms with Crippen LogP contribution in [0.2, 0.25) is 5.02 Å². The van der Waals surface area contributed by atoms with Crippen LogP contribution in [-0.2, 0) is 0 Å². The third-order valence-electron chi connectivity index (χ3n) is 3.16. The van der Waals surface area contributed by atoms with Crippen LogP contribution in [0.25, 0.3) is 11.3 Å². The van der Waals surface area contributed by atoms with Gasteiger partial charge in [0.05, 0.1) is 17.8 Å². The summed E-state index contributed by atoms with van der Waals surface area (Å²) in [6.45, 7) is 0. The summed E-state index contributed by atoms with van der Waals surface area (Å²) in [4.78, 5) is 15.6. The number of halogens is 1. The summed E-state index contributed by atoms with van der Waals surface area (Å²) in [5.74, 6) is 1.13. The molecule has 0 aliphatic rings. The van der Waals surface area contributed by atoms with Gasteiger partial charge in [-0.3, -0.25) is 4.79 Å². The third kappa shape index (κ3) is 3.52. The van der Waals surface area contributed by atoms with Gasteiger partial charge in [-0.1, -0.05) is 23.7 Å². The molecule has 0 spiro atoms. The Kier molecular flexibility index (Phi) is 4.30. The van der Waals surface area contributed by atoms with E-state index in [1.807, 2.05) is 12.1 Å². The first-order chi connectivity index (χ1) is 11.2. The number of para-hydroxylation sites is 1. The molecule has 0 bridgehead atoms. The fraction of sp³-hybridized carbons (Fsp3) is 0.0588. The molecule has 0 amide bonds. The Labute approximate surface area is 137 Å². The molecule has 0 radical (unpaired) electrons. The lowest BCUT2D eigenvalue weighted by Gasteiger charge is -2.08. The van der Waals surface area contributed by atoms with Crippen LogP contribution in [0, 0.1) is 0 Å². The topological polar surface area (TPSA) is 64.4 Å². The van der Waals surface area contributed by atoms with E-state index in [0.29, 0.717) is 16.5 Å². The van der Waals surface area contributed by atoms with Crippen LogP contribution in [0.3, 0.4) is 0 Å². The Bertz CT molecular complexity index is 876. The van der Waals surface area contributed by atoms with Crippen molar-refractivity contribution in [3.05, 3.63) is 70.0 Å². The van der Waals surface area contributed by atoms with Gasteiger partial charge in [0.15, 0.2) is 0 Å². The zero-order valence-corrected chi connectivity index (χ0v) is 13.0. The highest BCUT2D eigenvalue weighted by Crippen LogP contribution is 2.26. The molecule has 6 heteroatoms. The molecule has 0 aliphatic carbocycles. The van der Waals surface area contributed by atoms with Gasteiger partial charge in [-0.2, -0.15) is 4.98 Å².